The Balaban J connectivity index is 0.00000264. The van der Waals surface area contributed by atoms with Crippen molar-refractivity contribution in [3.05, 3.63) is 0 Å². The van der Waals surface area contributed by atoms with Gasteiger partial charge < -0.3 is 9.64 Å². The molecule has 2 aliphatic heterocycles. The van der Waals surface area contributed by atoms with Gasteiger partial charge in [-0.2, -0.15) is 0 Å². The molecule has 2 aliphatic rings. The highest BCUT2D eigenvalue weighted by Gasteiger charge is 2.43. The molecule has 0 aromatic carbocycles. The van der Waals surface area contributed by atoms with Crippen molar-refractivity contribution in [3.8, 4) is 0 Å². The number of halogens is 3. The minimum absolute atomic E-state index is 0. The number of rotatable bonds is 5. The quantitative estimate of drug-likeness (QED) is 0.805. The summed E-state index contributed by atoms with van der Waals surface area (Å²) >= 11 is 0. The molecule has 1 atom stereocenters. The molecule has 2 heterocycles. The highest BCUT2D eigenvalue weighted by Crippen LogP contribution is 2.27. The van der Waals surface area contributed by atoms with Crippen molar-refractivity contribution in [3.63, 3.8) is 0 Å². The van der Waals surface area contributed by atoms with Gasteiger partial charge in [-0.05, 0) is 5.41 Å². The first-order valence-electron chi connectivity index (χ1n) is 7.85. The van der Waals surface area contributed by atoms with E-state index in [0.717, 1.165) is 32.8 Å². The number of hydrogen-bond acceptors (Lipinski definition) is 4. The molecule has 1 N–H and O–H groups in total. The van der Waals surface area contributed by atoms with Crippen LogP contribution >= 0.6 is 12.4 Å². The van der Waals surface area contributed by atoms with Crippen LogP contribution in [0.5, 0.6) is 0 Å². The van der Waals surface area contributed by atoms with Gasteiger partial charge in [-0.1, -0.05) is 13.8 Å². The van der Waals surface area contributed by atoms with Gasteiger partial charge in [0.2, 0.25) is 5.91 Å². The number of nitrogens with one attached hydrogen (secondary N) is 1. The van der Waals surface area contributed by atoms with Crippen LogP contribution in [0.4, 0.5) is 8.78 Å². The average molecular weight is 356 g/mol. The largest absolute Gasteiger partial charge is 0.379 e. The normalized spacial score (nSPS) is 25.0. The molecule has 0 radical (unpaired) electrons. The van der Waals surface area contributed by atoms with Gasteiger partial charge in [0.1, 0.15) is 0 Å². The molecule has 2 saturated heterocycles. The van der Waals surface area contributed by atoms with E-state index in [-0.39, 0.29) is 23.7 Å². The molecule has 2 fully saturated rings. The van der Waals surface area contributed by atoms with Crippen molar-refractivity contribution in [2.24, 2.45) is 5.41 Å². The maximum Gasteiger partial charge on any atom is 0.262 e. The van der Waals surface area contributed by atoms with Gasteiger partial charge >= 0.3 is 0 Å². The Labute approximate surface area is 143 Å². The van der Waals surface area contributed by atoms with Crippen LogP contribution in [0.2, 0.25) is 0 Å². The first-order valence-corrected chi connectivity index (χ1v) is 7.85. The molecule has 0 aliphatic carbocycles. The van der Waals surface area contributed by atoms with E-state index < -0.39 is 24.9 Å². The van der Waals surface area contributed by atoms with E-state index in [1.807, 2.05) is 0 Å². The SMILES string of the molecule is CN(CC(C)(C)CN1CCOCC1)C(=O)C1CC(F)(F)CN1.Cl. The van der Waals surface area contributed by atoms with Crippen LogP contribution < -0.4 is 5.32 Å². The summed E-state index contributed by atoms with van der Waals surface area (Å²) in [5.74, 6) is -3.02. The van der Waals surface area contributed by atoms with Gasteiger partial charge in [0, 0.05) is 39.6 Å². The lowest BCUT2D eigenvalue weighted by atomic mass is 9.91. The number of amides is 1. The van der Waals surface area contributed by atoms with Gasteiger partial charge in [0.15, 0.2) is 0 Å². The summed E-state index contributed by atoms with van der Waals surface area (Å²) in [6.07, 6.45) is -0.403. The van der Waals surface area contributed by atoms with E-state index >= 15 is 0 Å². The van der Waals surface area contributed by atoms with Crippen molar-refractivity contribution in [2.75, 3.05) is 53.0 Å². The molecule has 2 rings (SSSR count). The van der Waals surface area contributed by atoms with Gasteiger partial charge in [-0.15, -0.1) is 12.4 Å². The molecule has 1 unspecified atom stereocenters. The van der Waals surface area contributed by atoms with Gasteiger partial charge in [-0.3, -0.25) is 15.0 Å². The number of likely N-dealkylation sites (N-methyl/N-ethyl adjacent to an activating group) is 1. The Bertz CT molecular complexity index is 404. The zero-order valence-corrected chi connectivity index (χ0v) is 14.9. The van der Waals surface area contributed by atoms with Crippen LogP contribution in [0.3, 0.4) is 0 Å². The molecular weight excluding hydrogens is 328 g/mol. The van der Waals surface area contributed by atoms with Gasteiger partial charge in [0.05, 0.1) is 25.8 Å². The molecule has 0 spiro atoms. The Morgan fingerprint density at radius 1 is 1.39 bits per heavy atom. The van der Waals surface area contributed by atoms with E-state index in [1.165, 1.54) is 0 Å². The second-order valence-corrected chi connectivity index (χ2v) is 7.24. The van der Waals surface area contributed by atoms with Crippen LogP contribution in [-0.2, 0) is 9.53 Å². The third-order valence-corrected chi connectivity index (χ3v) is 4.20. The second kappa shape index (κ2) is 8.05. The predicted octanol–water partition coefficient (Wildman–Crippen LogP) is 1.22. The molecular formula is C15H28ClF2N3O2. The smallest absolute Gasteiger partial charge is 0.262 e. The summed E-state index contributed by atoms with van der Waals surface area (Å²) in [7, 11) is 1.70. The van der Waals surface area contributed by atoms with Crippen LogP contribution in [0, 0.1) is 5.41 Å². The fraction of sp³-hybridized carbons (Fsp3) is 0.933. The maximum atomic E-state index is 13.2. The summed E-state index contributed by atoms with van der Waals surface area (Å²) in [5, 5.41) is 2.63. The maximum absolute atomic E-state index is 13.2. The molecule has 8 heteroatoms. The van der Waals surface area contributed by atoms with E-state index in [2.05, 4.69) is 24.1 Å². The zero-order chi connectivity index (χ0) is 16.4. The summed E-state index contributed by atoms with van der Waals surface area (Å²) in [4.78, 5) is 16.2. The van der Waals surface area contributed by atoms with Crippen molar-refractivity contribution in [2.45, 2.75) is 32.2 Å². The third kappa shape index (κ3) is 6.14. The number of morpholine rings is 1. The van der Waals surface area contributed by atoms with Crippen LogP contribution in [-0.4, -0.2) is 80.7 Å². The second-order valence-electron chi connectivity index (χ2n) is 7.24. The third-order valence-electron chi connectivity index (χ3n) is 4.20. The number of hydrogen-bond donors (Lipinski definition) is 1. The monoisotopic (exact) mass is 355 g/mol. The molecule has 1 amide bonds. The number of nitrogens with zero attached hydrogens (tertiary/aromatic N) is 2. The molecule has 0 saturated carbocycles. The number of carbonyl (C=O) groups is 1. The summed E-state index contributed by atoms with van der Waals surface area (Å²) in [6.45, 7) is 8.49. The Kier molecular flexibility index (Phi) is 7.19. The van der Waals surface area contributed by atoms with Crippen molar-refractivity contribution in [1.29, 1.82) is 0 Å². The lowest BCUT2D eigenvalue weighted by Crippen LogP contribution is -2.49. The summed E-state index contributed by atoms with van der Waals surface area (Å²) < 4.78 is 31.8. The number of alkyl halides is 2. The van der Waals surface area contributed by atoms with Crippen LogP contribution in [0.25, 0.3) is 0 Å². The van der Waals surface area contributed by atoms with Crippen molar-refractivity contribution in [1.82, 2.24) is 15.1 Å². The van der Waals surface area contributed by atoms with Gasteiger partial charge in [-0.25, -0.2) is 8.78 Å². The van der Waals surface area contributed by atoms with E-state index in [1.54, 1.807) is 11.9 Å². The summed E-state index contributed by atoms with van der Waals surface area (Å²) in [6, 6.07) is -0.765. The van der Waals surface area contributed by atoms with E-state index in [4.69, 9.17) is 4.74 Å². The Hall–Kier alpha value is -0.500. The van der Waals surface area contributed by atoms with Crippen molar-refractivity contribution >= 4 is 18.3 Å². The molecule has 0 bridgehead atoms. The Morgan fingerprint density at radius 3 is 2.52 bits per heavy atom. The molecule has 0 aromatic heterocycles. The number of carbonyl (C=O) groups excluding carboxylic acids is 1. The zero-order valence-electron chi connectivity index (χ0n) is 14.1. The first kappa shape index (κ1) is 20.5. The highest BCUT2D eigenvalue weighted by molar-refractivity contribution is 5.85. The minimum atomic E-state index is -2.77. The van der Waals surface area contributed by atoms with Crippen LogP contribution in [0.15, 0.2) is 0 Å². The van der Waals surface area contributed by atoms with E-state index in [0.29, 0.717) is 6.54 Å². The van der Waals surface area contributed by atoms with Crippen molar-refractivity contribution < 1.29 is 18.3 Å². The fourth-order valence-corrected chi connectivity index (χ4v) is 3.29. The predicted molar refractivity (Wildman–Crippen MR) is 87.3 cm³/mol. The van der Waals surface area contributed by atoms with E-state index in [9.17, 15) is 13.6 Å². The minimum Gasteiger partial charge on any atom is -0.379 e. The van der Waals surface area contributed by atoms with Crippen LogP contribution in [0.1, 0.15) is 20.3 Å². The molecule has 5 nitrogen and oxygen atoms in total. The highest BCUT2D eigenvalue weighted by atomic mass is 35.5. The lowest BCUT2D eigenvalue weighted by molar-refractivity contribution is -0.134. The Morgan fingerprint density at radius 2 is 2.00 bits per heavy atom. The lowest BCUT2D eigenvalue weighted by Gasteiger charge is -2.37. The average Bonchev–Trinajstić information content (AvgIpc) is 2.78. The molecule has 0 aromatic rings. The van der Waals surface area contributed by atoms with Gasteiger partial charge in [0.25, 0.3) is 5.92 Å². The standard InChI is InChI=1S/C15H27F2N3O2.ClH/c1-14(2,11-20-4-6-22-7-5-20)10-19(3)13(21)12-8-15(16,17)9-18-12;/h12,18H,4-11H2,1-3H3;1H. The first-order chi connectivity index (χ1) is 10.2. The fourth-order valence-electron chi connectivity index (χ4n) is 3.29. The summed E-state index contributed by atoms with van der Waals surface area (Å²) in [5.41, 5.74) is -0.0944. The topological polar surface area (TPSA) is 44.8 Å². The molecule has 136 valence electrons. The molecule has 23 heavy (non-hydrogen) atoms. The number of ether oxygens (including phenoxy) is 1.